The van der Waals surface area contributed by atoms with Gasteiger partial charge in [-0.05, 0) is 18.6 Å². The third kappa shape index (κ3) is 3.23. The maximum atomic E-state index is 12.1. The first-order valence-electron chi connectivity index (χ1n) is 7.00. The van der Waals surface area contributed by atoms with Crippen molar-refractivity contribution >= 4 is 29.5 Å². The molecular weight excluding hydrogens is 308 g/mol. The molecule has 21 heavy (non-hydrogen) atoms. The van der Waals surface area contributed by atoms with Crippen LogP contribution in [0.15, 0.2) is 30.3 Å². The Morgan fingerprint density at radius 3 is 2.48 bits per heavy atom. The molecule has 1 aliphatic carbocycles. The number of ether oxygens (including phenoxy) is 1. The molecule has 1 spiro atoms. The lowest BCUT2D eigenvalue weighted by atomic mass is 9.91. The van der Waals surface area contributed by atoms with E-state index in [0.29, 0.717) is 18.4 Å². The minimum atomic E-state index is -1.01. The van der Waals surface area contributed by atoms with E-state index in [1.807, 2.05) is 6.07 Å². The SMILES string of the molecule is O=C(O[C@@H]1CC2(C[C@@H](O)[C@H]1O)SCCS2)c1ccccc1. The van der Waals surface area contributed by atoms with Gasteiger partial charge in [-0.2, -0.15) is 0 Å². The van der Waals surface area contributed by atoms with Gasteiger partial charge < -0.3 is 14.9 Å². The zero-order valence-corrected chi connectivity index (χ0v) is 13.1. The van der Waals surface area contributed by atoms with Gasteiger partial charge in [0.15, 0.2) is 0 Å². The number of benzene rings is 1. The van der Waals surface area contributed by atoms with Crippen molar-refractivity contribution in [1.29, 1.82) is 0 Å². The number of aliphatic hydroxyl groups excluding tert-OH is 2. The Bertz CT molecular complexity index is 502. The number of thioether (sulfide) groups is 2. The zero-order valence-electron chi connectivity index (χ0n) is 11.5. The van der Waals surface area contributed by atoms with E-state index in [2.05, 4.69) is 0 Å². The number of carbonyl (C=O) groups is 1. The van der Waals surface area contributed by atoms with E-state index in [9.17, 15) is 15.0 Å². The highest BCUT2D eigenvalue weighted by molar-refractivity contribution is 8.21. The molecule has 114 valence electrons. The molecule has 1 heterocycles. The summed E-state index contributed by atoms with van der Waals surface area (Å²) in [6, 6.07) is 8.74. The Hall–Kier alpha value is -0.690. The van der Waals surface area contributed by atoms with Crippen molar-refractivity contribution in [3.05, 3.63) is 35.9 Å². The monoisotopic (exact) mass is 326 g/mol. The normalized spacial score (nSPS) is 31.2. The molecule has 0 aromatic heterocycles. The highest BCUT2D eigenvalue weighted by Crippen LogP contribution is 2.53. The minimum Gasteiger partial charge on any atom is -0.456 e. The van der Waals surface area contributed by atoms with Gasteiger partial charge in [-0.3, -0.25) is 0 Å². The van der Waals surface area contributed by atoms with Gasteiger partial charge in [-0.15, -0.1) is 23.5 Å². The summed E-state index contributed by atoms with van der Waals surface area (Å²) >= 11 is 3.60. The lowest BCUT2D eigenvalue weighted by Gasteiger charge is -2.41. The summed E-state index contributed by atoms with van der Waals surface area (Å²) in [7, 11) is 0. The summed E-state index contributed by atoms with van der Waals surface area (Å²) in [6.07, 6.45) is -1.38. The molecule has 2 N–H and O–H groups in total. The van der Waals surface area contributed by atoms with Crippen LogP contribution in [0.2, 0.25) is 0 Å². The van der Waals surface area contributed by atoms with Gasteiger partial charge in [-0.1, -0.05) is 18.2 Å². The van der Waals surface area contributed by atoms with Gasteiger partial charge in [-0.25, -0.2) is 4.79 Å². The van der Waals surface area contributed by atoms with Crippen LogP contribution in [0.25, 0.3) is 0 Å². The van der Waals surface area contributed by atoms with E-state index in [1.54, 1.807) is 47.8 Å². The van der Waals surface area contributed by atoms with E-state index in [4.69, 9.17) is 4.74 Å². The Morgan fingerprint density at radius 2 is 1.81 bits per heavy atom. The van der Waals surface area contributed by atoms with E-state index in [1.165, 1.54) is 0 Å². The van der Waals surface area contributed by atoms with Crippen molar-refractivity contribution in [1.82, 2.24) is 0 Å². The highest BCUT2D eigenvalue weighted by Gasteiger charge is 2.49. The zero-order chi connectivity index (χ0) is 14.9. The molecule has 1 aromatic carbocycles. The number of rotatable bonds is 2. The van der Waals surface area contributed by atoms with Crippen molar-refractivity contribution in [3.8, 4) is 0 Å². The summed E-state index contributed by atoms with van der Waals surface area (Å²) < 4.78 is 5.35. The summed E-state index contributed by atoms with van der Waals surface area (Å²) in [6.45, 7) is 0. The quantitative estimate of drug-likeness (QED) is 0.809. The van der Waals surface area contributed by atoms with Gasteiger partial charge in [0.2, 0.25) is 0 Å². The lowest BCUT2D eigenvalue weighted by Crippen LogP contribution is -2.50. The van der Waals surface area contributed by atoms with Crippen LogP contribution in [0.1, 0.15) is 23.2 Å². The van der Waals surface area contributed by atoms with Gasteiger partial charge in [0.1, 0.15) is 12.2 Å². The maximum Gasteiger partial charge on any atom is 0.338 e. The Labute approximate surface area is 132 Å². The largest absolute Gasteiger partial charge is 0.456 e. The molecule has 1 saturated heterocycles. The number of esters is 1. The van der Waals surface area contributed by atoms with Crippen LogP contribution in [-0.2, 0) is 4.74 Å². The van der Waals surface area contributed by atoms with E-state index in [-0.39, 0.29) is 4.08 Å². The summed E-state index contributed by atoms with van der Waals surface area (Å²) in [4.78, 5) is 12.1. The first kappa shape index (κ1) is 15.2. The molecule has 1 saturated carbocycles. The molecule has 0 bridgehead atoms. The summed E-state index contributed by atoms with van der Waals surface area (Å²) in [5.41, 5.74) is 0.463. The van der Waals surface area contributed by atoms with Crippen molar-refractivity contribution in [2.24, 2.45) is 0 Å². The fourth-order valence-electron chi connectivity index (χ4n) is 2.82. The van der Waals surface area contributed by atoms with Gasteiger partial charge in [0.25, 0.3) is 0 Å². The van der Waals surface area contributed by atoms with Crippen molar-refractivity contribution in [3.63, 3.8) is 0 Å². The standard InChI is InChI=1S/C15H18O4S2/c16-11-8-15(20-6-7-21-15)9-12(13(11)17)19-14(18)10-4-2-1-3-5-10/h1-5,11-13,16-17H,6-9H2/t11-,12-,13-/m1/s1. The fraction of sp³-hybridized carbons (Fsp3) is 0.533. The second kappa shape index (κ2) is 6.20. The third-order valence-electron chi connectivity index (χ3n) is 3.89. The molecular formula is C15H18O4S2. The van der Waals surface area contributed by atoms with Crippen LogP contribution in [0.5, 0.6) is 0 Å². The first-order chi connectivity index (χ1) is 10.1. The van der Waals surface area contributed by atoms with Gasteiger partial charge in [0, 0.05) is 17.9 Å². The van der Waals surface area contributed by atoms with Crippen LogP contribution in [0, 0.1) is 0 Å². The molecule has 3 atom stereocenters. The second-order valence-electron chi connectivity index (χ2n) is 5.38. The number of aliphatic hydroxyl groups is 2. The van der Waals surface area contributed by atoms with Crippen LogP contribution < -0.4 is 0 Å². The molecule has 3 rings (SSSR count). The molecule has 0 amide bonds. The number of hydrogen-bond acceptors (Lipinski definition) is 6. The average Bonchev–Trinajstić information content (AvgIpc) is 2.93. The van der Waals surface area contributed by atoms with Crippen LogP contribution in [0.3, 0.4) is 0 Å². The van der Waals surface area contributed by atoms with Crippen LogP contribution in [0.4, 0.5) is 0 Å². The topological polar surface area (TPSA) is 66.8 Å². The van der Waals surface area contributed by atoms with E-state index in [0.717, 1.165) is 11.5 Å². The summed E-state index contributed by atoms with van der Waals surface area (Å²) in [5.74, 6) is 1.62. The van der Waals surface area contributed by atoms with E-state index >= 15 is 0 Å². The molecule has 0 radical (unpaired) electrons. The van der Waals surface area contributed by atoms with E-state index < -0.39 is 24.3 Å². The van der Waals surface area contributed by atoms with Gasteiger partial charge >= 0.3 is 5.97 Å². The maximum absolute atomic E-state index is 12.1. The average molecular weight is 326 g/mol. The number of carbonyl (C=O) groups excluding carboxylic acids is 1. The second-order valence-corrected chi connectivity index (χ2v) is 8.60. The summed E-state index contributed by atoms with van der Waals surface area (Å²) in [5, 5.41) is 20.2. The smallest absolute Gasteiger partial charge is 0.338 e. The molecule has 1 aromatic rings. The molecule has 4 nitrogen and oxygen atoms in total. The van der Waals surface area contributed by atoms with Crippen molar-refractivity contribution < 1.29 is 19.7 Å². The van der Waals surface area contributed by atoms with Crippen molar-refractivity contribution in [2.45, 2.75) is 35.2 Å². The first-order valence-corrected chi connectivity index (χ1v) is 8.97. The minimum absolute atomic E-state index is 0.125. The Balaban J connectivity index is 1.72. The molecule has 2 aliphatic rings. The highest BCUT2D eigenvalue weighted by atomic mass is 32.2. The van der Waals surface area contributed by atoms with Gasteiger partial charge in [0.05, 0.1) is 15.7 Å². The fourth-order valence-corrected chi connectivity index (χ4v) is 6.21. The third-order valence-corrected chi connectivity index (χ3v) is 7.39. The predicted octanol–water partition coefficient (Wildman–Crippen LogP) is 1.90. The molecule has 1 aliphatic heterocycles. The Kier molecular flexibility index (Phi) is 4.49. The van der Waals surface area contributed by atoms with Crippen LogP contribution in [-0.4, -0.2) is 50.1 Å². The Morgan fingerprint density at radius 1 is 1.14 bits per heavy atom. The van der Waals surface area contributed by atoms with Crippen LogP contribution >= 0.6 is 23.5 Å². The molecule has 0 unspecified atom stereocenters. The van der Waals surface area contributed by atoms with Crippen molar-refractivity contribution in [2.75, 3.05) is 11.5 Å². The molecule has 6 heteroatoms. The molecule has 2 fully saturated rings. The predicted molar refractivity (Wildman–Crippen MR) is 84.5 cm³/mol. The lowest BCUT2D eigenvalue weighted by molar-refractivity contribution is -0.0931. The number of hydrogen-bond donors (Lipinski definition) is 2.